The van der Waals surface area contributed by atoms with Crippen LogP contribution in [-0.4, -0.2) is 31.1 Å². The number of likely N-dealkylation sites (tertiary alicyclic amines) is 1. The summed E-state index contributed by atoms with van der Waals surface area (Å²) in [6.07, 6.45) is 1.33. The summed E-state index contributed by atoms with van der Waals surface area (Å²) in [6, 6.07) is 5.34. The molecule has 0 spiro atoms. The van der Waals surface area contributed by atoms with Crippen molar-refractivity contribution in [2.24, 2.45) is 11.8 Å². The summed E-state index contributed by atoms with van der Waals surface area (Å²) >= 11 is 11.9. The van der Waals surface area contributed by atoms with Crippen molar-refractivity contribution in [1.82, 2.24) is 4.90 Å². The maximum absolute atomic E-state index is 6.07. The summed E-state index contributed by atoms with van der Waals surface area (Å²) in [7, 11) is 0. The van der Waals surface area contributed by atoms with E-state index in [0.29, 0.717) is 22.4 Å². The Morgan fingerprint density at radius 2 is 1.89 bits per heavy atom. The Balaban J connectivity index is 1.80. The van der Waals surface area contributed by atoms with Gasteiger partial charge in [0.2, 0.25) is 0 Å². The maximum atomic E-state index is 6.07. The highest BCUT2D eigenvalue weighted by molar-refractivity contribution is 6.35. The Hall–Kier alpha value is -0.440. The molecule has 1 aliphatic heterocycles. The van der Waals surface area contributed by atoms with Gasteiger partial charge in [-0.3, -0.25) is 4.90 Å². The van der Waals surface area contributed by atoms with Crippen LogP contribution in [0.2, 0.25) is 10.0 Å². The van der Waals surface area contributed by atoms with Crippen LogP contribution in [0.5, 0.6) is 5.75 Å². The second-order valence-electron chi connectivity index (χ2n) is 5.63. The molecule has 0 bridgehead atoms. The zero-order valence-corrected chi connectivity index (χ0v) is 13.0. The Kier molecular flexibility index (Phi) is 5.37. The van der Waals surface area contributed by atoms with Crippen molar-refractivity contribution >= 4 is 23.2 Å². The fraction of sp³-hybridized carbons (Fsp3) is 0.600. The Morgan fingerprint density at radius 3 is 2.53 bits per heavy atom. The van der Waals surface area contributed by atoms with Crippen LogP contribution in [0, 0.1) is 11.8 Å². The number of halogens is 2. The van der Waals surface area contributed by atoms with Gasteiger partial charge in [-0.15, -0.1) is 0 Å². The molecule has 0 aliphatic carbocycles. The van der Waals surface area contributed by atoms with E-state index in [1.807, 2.05) is 6.07 Å². The molecule has 2 nitrogen and oxygen atoms in total. The minimum Gasteiger partial charge on any atom is -0.491 e. The first-order chi connectivity index (χ1) is 9.04. The van der Waals surface area contributed by atoms with Gasteiger partial charge in [-0.25, -0.2) is 0 Å². The SMILES string of the molecule is C[C@@H]1C[C@@H](C)CN(CCOc2ccc(Cl)cc2Cl)C1. The first-order valence-corrected chi connectivity index (χ1v) is 7.60. The molecule has 0 N–H and O–H groups in total. The number of hydrogen-bond acceptors (Lipinski definition) is 2. The van der Waals surface area contributed by atoms with E-state index in [4.69, 9.17) is 27.9 Å². The molecule has 106 valence electrons. The predicted molar refractivity (Wildman–Crippen MR) is 81.3 cm³/mol. The molecule has 1 aliphatic rings. The molecule has 0 saturated carbocycles. The molecule has 1 aromatic rings. The molecule has 1 fully saturated rings. The third-order valence-corrected chi connectivity index (χ3v) is 4.03. The first-order valence-electron chi connectivity index (χ1n) is 6.85. The largest absolute Gasteiger partial charge is 0.491 e. The number of rotatable bonds is 4. The monoisotopic (exact) mass is 301 g/mol. The quantitative estimate of drug-likeness (QED) is 0.820. The number of ether oxygens (including phenoxy) is 1. The minimum absolute atomic E-state index is 0.577. The predicted octanol–water partition coefficient (Wildman–Crippen LogP) is 4.35. The van der Waals surface area contributed by atoms with E-state index in [0.717, 1.165) is 18.4 Å². The lowest BCUT2D eigenvalue weighted by atomic mass is 9.92. The summed E-state index contributed by atoms with van der Waals surface area (Å²) in [6.45, 7) is 8.59. The molecule has 0 unspecified atom stereocenters. The summed E-state index contributed by atoms with van der Waals surface area (Å²) in [4.78, 5) is 2.47. The molecule has 2 rings (SSSR count). The van der Waals surface area contributed by atoms with Gasteiger partial charge in [0, 0.05) is 24.7 Å². The van der Waals surface area contributed by atoms with E-state index in [-0.39, 0.29) is 0 Å². The standard InChI is InChI=1S/C15H21Cl2NO/c1-11-7-12(2)10-18(9-11)5-6-19-15-4-3-13(16)8-14(15)17/h3-4,8,11-12H,5-7,9-10H2,1-2H3/t11-,12-/m1/s1. The summed E-state index contributed by atoms with van der Waals surface area (Å²) in [5.41, 5.74) is 0. The fourth-order valence-corrected chi connectivity index (χ4v) is 3.31. The lowest BCUT2D eigenvalue weighted by Gasteiger charge is -2.34. The van der Waals surface area contributed by atoms with E-state index in [2.05, 4.69) is 18.7 Å². The highest BCUT2D eigenvalue weighted by Crippen LogP contribution is 2.27. The number of nitrogens with zero attached hydrogens (tertiary/aromatic N) is 1. The third-order valence-electron chi connectivity index (χ3n) is 3.50. The van der Waals surface area contributed by atoms with E-state index in [1.165, 1.54) is 19.5 Å². The molecule has 0 aromatic heterocycles. The van der Waals surface area contributed by atoms with Crippen molar-refractivity contribution in [1.29, 1.82) is 0 Å². The number of piperidine rings is 1. The molecule has 4 heteroatoms. The van der Waals surface area contributed by atoms with Crippen LogP contribution in [-0.2, 0) is 0 Å². The van der Waals surface area contributed by atoms with E-state index in [1.54, 1.807) is 12.1 Å². The minimum atomic E-state index is 0.577. The molecule has 1 saturated heterocycles. The average molecular weight is 302 g/mol. The zero-order valence-electron chi connectivity index (χ0n) is 11.5. The van der Waals surface area contributed by atoms with Gasteiger partial charge in [-0.1, -0.05) is 37.0 Å². The molecule has 1 aromatic carbocycles. The molecule has 0 radical (unpaired) electrons. The van der Waals surface area contributed by atoms with Crippen molar-refractivity contribution < 1.29 is 4.74 Å². The zero-order chi connectivity index (χ0) is 13.8. The van der Waals surface area contributed by atoms with Crippen molar-refractivity contribution in [2.45, 2.75) is 20.3 Å². The van der Waals surface area contributed by atoms with Crippen LogP contribution in [0.3, 0.4) is 0 Å². The van der Waals surface area contributed by atoms with Crippen LogP contribution in [0.1, 0.15) is 20.3 Å². The van der Waals surface area contributed by atoms with E-state index >= 15 is 0 Å². The molecule has 1 heterocycles. The Morgan fingerprint density at radius 1 is 1.21 bits per heavy atom. The lowest BCUT2D eigenvalue weighted by Crippen LogP contribution is -2.40. The number of benzene rings is 1. The van der Waals surface area contributed by atoms with Gasteiger partial charge in [0.1, 0.15) is 12.4 Å². The van der Waals surface area contributed by atoms with Gasteiger partial charge < -0.3 is 4.74 Å². The molecule has 19 heavy (non-hydrogen) atoms. The second-order valence-corrected chi connectivity index (χ2v) is 6.47. The van der Waals surface area contributed by atoms with E-state index in [9.17, 15) is 0 Å². The van der Waals surface area contributed by atoms with Crippen molar-refractivity contribution in [3.05, 3.63) is 28.2 Å². The van der Waals surface area contributed by atoms with Gasteiger partial charge in [-0.05, 0) is 36.5 Å². The highest BCUT2D eigenvalue weighted by Gasteiger charge is 2.21. The molecular weight excluding hydrogens is 281 g/mol. The van der Waals surface area contributed by atoms with Gasteiger partial charge in [0.15, 0.2) is 0 Å². The third kappa shape index (κ3) is 4.55. The summed E-state index contributed by atoms with van der Waals surface area (Å²) in [5.74, 6) is 2.27. The smallest absolute Gasteiger partial charge is 0.138 e. The molecular formula is C15H21Cl2NO. The lowest BCUT2D eigenvalue weighted by molar-refractivity contribution is 0.120. The van der Waals surface area contributed by atoms with Crippen LogP contribution in [0.25, 0.3) is 0 Å². The topological polar surface area (TPSA) is 12.5 Å². The number of hydrogen-bond donors (Lipinski definition) is 0. The van der Waals surface area contributed by atoms with Gasteiger partial charge >= 0.3 is 0 Å². The Labute approximate surface area is 125 Å². The fourth-order valence-electron chi connectivity index (χ4n) is 2.85. The van der Waals surface area contributed by atoms with Gasteiger partial charge in [0.25, 0.3) is 0 Å². The average Bonchev–Trinajstić information content (AvgIpc) is 2.30. The van der Waals surface area contributed by atoms with Crippen LogP contribution in [0.15, 0.2) is 18.2 Å². The molecule has 2 atom stereocenters. The Bertz CT molecular complexity index is 415. The normalized spacial score (nSPS) is 24.4. The van der Waals surface area contributed by atoms with Crippen LogP contribution < -0.4 is 4.74 Å². The highest BCUT2D eigenvalue weighted by atomic mass is 35.5. The van der Waals surface area contributed by atoms with Gasteiger partial charge in [0.05, 0.1) is 5.02 Å². The van der Waals surface area contributed by atoms with Crippen LogP contribution >= 0.6 is 23.2 Å². The van der Waals surface area contributed by atoms with Gasteiger partial charge in [-0.2, -0.15) is 0 Å². The van der Waals surface area contributed by atoms with Crippen molar-refractivity contribution in [3.8, 4) is 5.75 Å². The maximum Gasteiger partial charge on any atom is 0.138 e. The second kappa shape index (κ2) is 6.83. The first kappa shape index (κ1) is 15.0. The summed E-state index contributed by atoms with van der Waals surface area (Å²) < 4.78 is 5.73. The van der Waals surface area contributed by atoms with Crippen molar-refractivity contribution in [2.75, 3.05) is 26.2 Å². The summed E-state index contributed by atoms with van der Waals surface area (Å²) in [5, 5.41) is 1.21. The van der Waals surface area contributed by atoms with Crippen molar-refractivity contribution in [3.63, 3.8) is 0 Å². The van der Waals surface area contributed by atoms with E-state index < -0.39 is 0 Å². The molecule has 0 amide bonds. The van der Waals surface area contributed by atoms with Crippen LogP contribution in [0.4, 0.5) is 0 Å².